The third kappa shape index (κ3) is 3.78. The Balaban J connectivity index is 1.56. The molecule has 146 valence electrons. The number of nitrogens with zero attached hydrogens (tertiary/aromatic N) is 4. The summed E-state index contributed by atoms with van der Waals surface area (Å²) >= 11 is 0. The highest BCUT2D eigenvalue weighted by molar-refractivity contribution is 5.89. The zero-order chi connectivity index (χ0) is 19.5. The van der Waals surface area contributed by atoms with Crippen molar-refractivity contribution in [3.63, 3.8) is 0 Å². The predicted octanol–water partition coefficient (Wildman–Crippen LogP) is 4.20. The van der Waals surface area contributed by atoms with Crippen molar-refractivity contribution in [2.24, 2.45) is 0 Å². The van der Waals surface area contributed by atoms with Crippen molar-refractivity contribution in [1.29, 1.82) is 0 Å². The van der Waals surface area contributed by atoms with Crippen molar-refractivity contribution in [2.45, 2.75) is 38.6 Å². The highest BCUT2D eigenvalue weighted by atomic mass is 16.5. The SMILES string of the molecule is COc1ccc(C2CCCCCN2C(=O)Nc2ccc3nc(C)nn3c2)cc1. The summed E-state index contributed by atoms with van der Waals surface area (Å²) in [6.07, 6.45) is 6.03. The van der Waals surface area contributed by atoms with Crippen molar-refractivity contribution in [3.05, 3.63) is 54.0 Å². The number of ether oxygens (including phenoxy) is 1. The highest BCUT2D eigenvalue weighted by Crippen LogP contribution is 2.31. The topological polar surface area (TPSA) is 71.8 Å². The first-order valence-electron chi connectivity index (χ1n) is 9.68. The molecule has 1 aliphatic rings. The highest BCUT2D eigenvalue weighted by Gasteiger charge is 2.27. The van der Waals surface area contributed by atoms with Crippen LogP contribution in [0.15, 0.2) is 42.6 Å². The largest absolute Gasteiger partial charge is 0.497 e. The molecule has 0 bridgehead atoms. The molecule has 0 radical (unpaired) electrons. The number of aromatic nitrogens is 3. The van der Waals surface area contributed by atoms with E-state index < -0.39 is 0 Å². The van der Waals surface area contributed by atoms with Gasteiger partial charge in [-0.25, -0.2) is 14.3 Å². The van der Waals surface area contributed by atoms with E-state index in [-0.39, 0.29) is 12.1 Å². The summed E-state index contributed by atoms with van der Waals surface area (Å²) < 4.78 is 6.95. The minimum absolute atomic E-state index is 0.0609. The number of carbonyl (C=O) groups excluding carboxylic acids is 1. The molecule has 1 N–H and O–H groups in total. The number of aryl methyl sites for hydroxylation is 1. The number of hydrogen-bond acceptors (Lipinski definition) is 4. The summed E-state index contributed by atoms with van der Waals surface area (Å²) in [7, 11) is 1.66. The maximum atomic E-state index is 13.1. The number of nitrogens with one attached hydrogen (secondary N) is 1. The smallest absolute Gasteiger partial charge is 0.322 e. The molecule has 1 unspecified atom stereocenters. The second kappa shape index (κ2) is 7.88. The Labute approximate surface area is 164 Å². The average molecular weight is 379 g/mol. The number of carbonyl (C=O) groups is 1. The van der Waals surface area contributed by atoms with E-state index in [0.29, 0.717) is 11.5 Å². The van der Waals surface area contributed by atoms with Crippen LogP contribution in [0.4, 0.5) is 10.5 Å². The molecule has 1 aromatic carbocycles. The monoisotopic (exact) mass is 379 g/mol. The van der Waals surface area contributed by atoms with Crippen LogP contribution in [0, 0.1) is 6.92 Å². The van der Waals surface area contributed by atoms with Crippen LogP contribution in [0.25, 0.3) is 5.65 Å². The molecule has 0 aliphatic carbocycles. The molecule has 7 heteroatoms. The van der Waals surface area contributed by atoms with Crippen LogP contribution in [-0.2, 0) is 0 Å². The molecule has 2 amide bonds. The van der Waals surface area contributed by atoms with Gasteiger partial charge < -0.3 is 15.0 Å². The Bertz CT molecular complexity index is 967. The summed E-state index contributed by atoms with van der Waals surface area (Å²) in [5.74, 6) is 1.53. The number of urea groups is 1. The first-order chi connectivity index (χ1) is 13.6. The van der Waals surface area contributed by atoms with Gasteiger partial charge in [-0.05, 0) is 49.6 Å². The molecule has 4 rings (SSSR count). The van der Waals surface area contributed by atoms with E-state index in [4.69, 9.17) is 4.74 Å². The number of benzene rings is 1. The van der Waals surface area contributed by atoms with E-state index in [1.807, 2.05) is 36.1 Å². The molecule has 1 aliphatic heterocycles. The van der Waals surface area contributed by atoms with Gasteiger partial charge in [0.2, 0.25) is 0 Å². The lowest BCUT2D eigenvalue weighted by atomic mass is 10.0. The average Bonchev–Trinajstić information content (AvgIpc) is 2.91. The van der Waals surface area contributed by atoms with Crippen molar-refractivity contribution < 1.29 is 9.53 Å². The maximum Gasteiger partial charge on any atom is 0.322 e. The number of hydrogen-bond donors (Lipinski definition) is 1. The van der Waals surface area contributed by atoms with Gasteiger partial charge in [-0.2, -0.15) is 5.10 Å². The summed E-state index contributed by atoms with van der Waals surface area (Å²) in [6, 6.07) is 11.7. The minimum atomic E-state index is -0.0843. The lowest BCUT2D eigenvalue weighted by molar-refractivity contribution is 0.189. The van der Waals surface area contributed by atoms with Crippen LogP contribution in [0.2, 0.25) is 0 Å². The van der Waals surface area contributed by atoms with Crippen LogP contribution in [-0.4, -0.2) is 39.2 Å². The Morgan fingerprint density at radius 3 is 2.75 bits per heavy atom. The van der Waals surface area contributed by atoms with Gasteiger partial charge in [0.1, 0.15) is 11.6 Å². The number of pyridine rings is 1. The first kappa shape index (κ1) is 18.3. The lowest BCUT2D eigenvalue weighted by Gasteiger charge is -2.30. The molecule has 1 saturated heterocycles. The van der Waals surface area contributed by atoms with E-state index in [2.05, 4.69) is 27.5 Å². The fraction of sp³-hybridized carbons (Fsp3) is 0.381. The Kier molecular flexibility index (Phi) is 5.14. The molecular weight excluding hydrogens is 354 g/mol. The van der Waals surface area contributed by atoms with Crippen LogP contribution in [0.3, 0.4) is 0 Å². The summed E-state index contributed by atoms with van der Waals surface area (Å²) in [5, 5.41) is 7.35. The van der Waals surface area contributed by atoms with E-state index >= 15 is 0 Å². The van der Waals surface area contributed by atoms with E-state index in [1.165, 1.54) is 0 Å². The molecule has 2 aromatic heterocycles. The van der Waals surface area contributed by atoms with Crippen molar-refractivity contribution in [2.75, 3.05) is 19.0 Å². The molecule has 3 heterocycles. The van der Waals surface area contributed by atoms with Gasteiger partial charge in [0.25, 0.3) is 0 Å². The first-order valence-corrected chi connectivity index (χ1v) is 9.68. The zero-order valence-electron chi connectivity index (χ0n) is 16.3. The summed E-state index contributed by atoms with van der Waals surface area (Å²) in [6.45, 7) is 2.59. The van der Waals surface area contributed by atoms with Gasteiger partial charge in [-0.1, -0.05) is 25.0 Å². The quantitative estimate of drug-likeness (QED) is 0.740. The predicted molar refractivity (Wildman–Crippen MR) is 108 cm³/mol. The van der Waals surface area contributed by atoms with Crippen LogP contribution in [0.1, 0.15) is 43.1 Å². The van der Waals surface area contributed by atoms with Crippen LogP contribution < -0.4 is 10.1 Å². The van der Waals surface area contributed by atoms with Crippen LogP contribution >= 0.6 is 0 Å². The van der Waals surface area contributed by atoms with Gasteiger partial charge >= 0.3 is 6.03 Å². The molecule has 1 fully saturated rings. The van der Waals surface area contributed by atoms with Crippen LogP contribution in [0.5, 0.6) is 5.75 Å². The molecular formula is C21H25N5O2. The van der Waals surface area contributed by atoms with Crippen molar-refractivity contribution >= 4 is 17.4 Å². The van der Waals surface area contributed by atoms with E-state index in [0.717, 1.165) is 49.2 Å². The van der Waals surface area contributed by atoms with Gasteiger partial charge in [-0.15, -0.1) is 0 Å². The molecule has 3 aromatic rings. The molecule has 1 atom stereocenters. The van der Waals surface area contributed by atoms with Crippen molar-refractivity contribution in [3.8, 4) is 5.75 Å². The summed E-state index contributed by atoms with van der Waals surface area (Å²) in [4.78, 5) is 19.4. The standard InChI is InChI=1S/C21H25N5O2/c1-15-22-20-12-9-17(14-26(20)24-15)23-21(27)25-13-5-3-4-6-19(25)16-7-10-18(28-2)11-8-16/h7-12,14,19H,3-6,13H2,1-2H3,(H,23,27). The number of likely N-dealkylation sites (tertiary alicyclic amines) is 1. The Hall–Kier alpha value is -3.09. The second-order valence-electron chi connectivity index (χ2n) is 7.14. The molecule has 0 saturated carbocycles. The van der Waals surface area contributed by atoms with Crippen molar-refractivity contribution in [1.82, 2.24) is 19.5 Å². The number of anilines is 1. The lowest BCUT2D eigenvalue weighted by Crippen LogP contribution is -2.38. The fourth-order valence-electron chi connectivity index (χ4n) is 3.79. The third-order valence-electron chi connectivity index (χ3n) is 5.20. The number of amides is 2. The number of methoxy groups -OCH3 is 1. The normalized spacial score (nSPS) is 17.4. The number of fused-ring (bicyclic) bond motifs is 1. The molecule has 0 spiro atoms. The second-order valence-corrected chi connectivity index (χ2v) is 7.14. The van der Waals surface area contributed by atoms with E-state index in [1.54, 1.807) is 17.8 Å². The van der Waals surface area contributed by atoms with Gasteiger partial charge in [0, 0.05) is 6.54 Å². The zero-order valence-corrected chi connectivity index (χ0v) is 16.3. The summed E-state index contributed by atoms with van der Waals surface area (Å²) in [5.41, 5.74) is 2.61. The Morgan fingerprint density at radius 1 is 1.14 bits per heavy atom. The molecule has 28 heavy (non-hydrogen) atoms. The fourth-order valence-corrected chi connectivity index (χ4v) is 3.79. The minimum Gasteiger partial charge on any atom is -0.497 e. The Morgan fingerprint density at radius 2 is 1.96 bits per heavy atom. The third-order valence-corrected chi connectivity index (χ3v) is 5.20. The molecule has 7 nitrogen and oxygen atoms in total. The van der Waals surface area contributed by atoms with E-state index in [9.17, 15) is 4.79 Å². The van der Waals surface area contributed by atoms with Gasteiger partial charge in [-0.3, -0.25) is 0 Å². The maximum absolute atomic E-state index is 13.1. The van der Waals surface area contributed by atoms with Gasteiger partial charge in [0.05, 0.1) is 25.0 Å². The van der Waals surface area contributed by atoms with Gasteiger partial charge in [0.15, 0.2) is 5.65 Å². The number of rotatable bonds is 3.